The highest BCUT2D eigenvalue weighted by Gasteiger charge is 2.44. The quantitative estimate of drug-likeness (QED) is 0.837. The van der Waals surface area contributed by atoms with E-state index < -0.39 is 0 Å². The van der Waals surface area contributed by atoms with Crippen LogP contribution in [0.15, 0.2) is 18.2 Å². The van der Waals surface area contributed by atoms with Gasteiger partial charge in [-0.2, -0.15) is 0 Å². The highest BCUT2D eigenvalue weighted by Crippen LogP contribution is 2.34. The molecule has 1 amide bonds. The zero-order chi connectivity index (χ0) is 13.6. The van der Waals surface area contributed by atoms with Crippen LogP contribution in [0.25, 0.3) is 0 Å². The molecule has 3 heteroatoms. The molecule has 102 valence electrons. The Hall–Kier alpha value is -1.35. The van der Waals surface area contributed by atoms with Crippen LogP contribution in [0.3, 0.4) is 0 Å². The summed E-state index contributed by atoms with van der Waals surface area (Å²) in [7, 11) is 0. The number of hydrogen-bond acceptors (Lipinski definition) is 2. The Labute approximate surface area is 115 Å². The van der Waals surface area contributed by atoms with Crippen molar-refractivity contribution in [3.05, 3.63) is 34.9 Å². The smallest absolute Gasteiger partial charge is 0.254 e. The van der Waals surface area contributed by atoms with Gasteiger partial charge in [0.1, 0.15) is 0 Å². The van der Waals surface area contributed by atoms with Crippen LogP contribution < -0.4 is 5.32 Å². The second kappa shape index (κ2) is 4.64. The lowest BCUT2D eigenvalue weighted by atomic mass is 10.0. The van der Waals surface area contributed by atoms with Gasteiger partial charge >= 0.3 is 0 Å². The first-order valence-electron chi connectivity index (χ1n) is 7.19. The van der Waals surface area contributed by atoms with Crippen LogP contribution in [0.5, 0.6) is 0 Å². The molecule has 0 bridgehead atoms. The van der Waals surface area contributed by atoms with Gasteiger partial charge in [-0.1, -0.05) is 18.2 Å². The largest absolute Gasteiger partial charge is 0.331 e. The van der Waals surface area contributed by atoms with Crippen LogP contribution in [0.2, 0.25) is 0 Å². The first-order chi connectivity index (χ1) is 9.09. The Kier molecular flexibility index (Phi) is 3.09. The SMILES string of the molecule is Cc1cccc(C)c1C(=O)N1C(C)CC2CNCC21. The van der Waals surface area contributed by atoms with E-state index in [1.54, 1.807) is 0 Å². The van der Waals surface area contributed by atoms with Crippen LogP contribution in [0.4, 0.5) is 0 Å². The number of amides is 1. The number of carbonyl (C=O) groups excluding carboxylic acids is 1. The third-order valence-corrected chi connectivity index (χ3v) is 4.71. The summed E-state index contributed by atoms with van der Waals surface area (Å²) in [6, 6.07) is 6.84. The number of fused-ring (bicyclic) bond motifs is 1. The molecule has 19 heavy (non-hydrogen) atoms. The van der Waals surface area contributed by atoms with Crippen molar-refractivity contribution >= 4 is 5.91 Å². The molecule has 3 rings (SSSR count). The molecule has 0 aromatic heterocycles. The topological polar surface area (TPSA) is 32.3 Å². The van der Waals surface area contributed by atoms with Gasteiger partial charge in [0, 0.05) is 30.7 Å². The number of benzene rings is 1. The van der Waals surface area contributed by atoms with E-state index in [4.69, 9.17) is 0 Å². The van der Waals surface area contributed by atoms with Crippen molar-refractivity contribution in [2.75, 3.05) is 13.1 Å². The molecule has 2 aliphatic heterocycles. The van der Waals surface area contributed by atoms with E-state index in [9.17, 15) is 4.79 Å². The fourth-order valence-corrected chi connectivity index (χ4v) is 3.80. The van der Waals surface area contributed by atoms with E-state index in [0.29, 0.717) is 18.0 Å². The van der Waals surface area contributed by atoms with Crippen LogP contribution in [-0.2, 0) is 0 Å². The summed E-state index contributed by atoms with van der Waals surface area (Å²) in [5, 5.41) is 3.42. The number of nitrogens with zero attached hydrogens (tertiary/aromatic N) is 1. The van der Waals surface area contributed by atoms with Gasteiger partial charge in [0.05, 0.1) is 0 Å². The van der Waals surface area contributed by atoms with E-state index in [-0.39, 0.29) is 5.91 Å². The summed E-state index contributed by atoms with van der Waals surface area (Å²) in [5.74, 6) is 0.863. The Balaban J connectivity index is 1.95. The molecule has 1 N–H and O–H groups in total. The maximum Gasteiger partial charge on any atom is 0.254 e. The number of aryl methyl sites for hydroxylation is 2. The molecular weight excluding hydrogens is 236 g/mol. The number of nitrogens with one attached hydrogen (secondary N) is 1. The minimum Gasteiger partial charge on any atom is -0.331 e. The fraction of sp³-hybridized carbons (Fsp3) is 0.562. The lowest BCUT2D eigenvalue weighted by Crippen LogP contribution is -2.43. The zero-order valence-corrected chi connectivity index (χ0v) is 11.9. The average molecular weight is 258 g/mol. The highest BCUT2D eigenvalue weighted by atomic mass is 16.2. The van der Waals surface area contributed by atoms with Gasteiger partial charge in [-0.15, -0.1) is 0 Å². The molecule has 2 saturated heterocycles. The molecule has 3 unspecified atom stereocenters. The van der Waals surface area contributed by atoms with Gasteiger partial charge in [0.2, 0.25) is 0 Å². The number of rotatable bonds is 1. The van der Waals surface area contributed by atoms with Crippen molar-refractivity contribution in [1.82, 2.24) is 10.2 Å². The number of carbonyl (C=O) groups is 1. The average Bonchev–Trinajstić information content (AvgIpc) is 2.87. The maximum absolute atomic E-state index is 12.9. The third kappa shape index (κ3) is 1.96. The molecule has 0 aliphatic carbocycles. The van der Waals surface area contributed by atoms with Crippen molar-refractivity contribution in [3.8, 4) is 0 Å². The van der Waals surface area contributed by atoms with Crippen molar-refractivity contribution < 1.29 is 4.79 Å². The molecule has 1 aromatic rings. The molecule has 3 nitrogen and oxygen atoms in total. The van der Waals surface area contributed by atoms with Crippen molar-refractivity contribution in [2.24, 2.45) is 5.92 Å². The molecule has 0 radical (unpaired) electrons. The lowest BCUT2D eigenvalue weighted by Gasteiger charge is -2.29. The van der Waals surface area contributed by atoms with Crippen LogP contribution in [-0.4, -0.2) is 36.0 Å². The van der Waals surface area contributed by atoms with E-state index in [1.807, 2.05) is 32.0 Å². The molecule has 0 saturated carbocycles. The summed E-state index contributed by atoms with van der Waals surface area (Å²) in [5.41, 5.74) is 3.08. The molecule has 1 aromatic carbocycles. The summed E-state index contributed by atoms with van der Waals surface area (Å²) < 4.78 is 0. The van der Waals surface area contributed by atoms with Gasteiger partial charge in [0.25, 0.3) is 5.91 Å². The minimum atomic E-state index is 0.222. The molecule has 2 aliphatic rings. The zero-order valence-electron chi connectivity index (χ0n) is 11.9. The Morgan fingerprint density at radius 1 is 1.26 bits per heavy atom. The van der Waals surface area contributed by atoms with Crippen molar-refractivity contribution in [1.29, 1.82) is 0 Å². The van der Waals surface area contributed by atoms with Gasteiger partial charge in [-0.25, -0.2) is 0 Å². The number of likely N-dealkylation sites (tertiary alicyclic amines) is 1. The predicted molar refractivity (Wildman–Crippen MR) is 76.3 cm³/mol. The van der Waals surface area contributed by atoms with Crippen LogP contribution >= 0.6 is 0 Å². The van der Waals surface area contributed by atoms with E-state index in [0.717, 1.165) is 36.2 Å². The van der Waals surface area contributed by atoms with Gasteiger partial charge in [0.15, 0.2) is 0 Å². The first-order valence-corrected chi connectivity index (χ1v) is 7.19. The van der Waals surface area contributed by atoms with Crippen LogP contribution in [0.1, 0.15) is 34.8 Å². The van der Waals surface area contributed by atoms with E-state index in [1.165, 1.54) is 0 Å². The standard InChI is InChI=1S/C16H22N2O/c1-10-5-4-6-11(2)15(10)16(19)18-12(3)7-13-8-17-9-14(13)18/h4-6,12-14,17H,7-9H2,1-3H3. The molecule has 2 heterocycles. The summed E-state index contributed by atoms with van der Waals surface area (Å²) in [6.07, 6.45) is 1.13. The molecule has 3 atom stereocenters. The normalized spacial score (nSPS) is 29.6. The monoisotopic (exact) mass is 258 g/mol. The number of hydrogen-bond donors (Lipinski definition) is 1. The highest BCUT2D eigenvalue weighted by molar-refractivity contribution is 5.97. The summed E-state index contributed by atoms with van der Waals surface area (Å²) in [4.78, 5) is 15.1. The second-order valence-electron chi connectivity index (χ2n) is 6.05. The third-order valence-electron chi connectivity index (χ3n) is 4.71. The molecular formula is C16H22N2O. The predicted octanol–water partition coefficient (Wildman–Crippen LogP) is 2.13. The Morgan fingerprint density at radius 2 is 1.95 bits per heavy atom. The van der Waals surface area contributed by atoms with Gasteiger partial charge in [-0.3, -0.25) is 4.79 Å². The first kappa shape index (κ1) is 12.7. The maximum atomic E-state index is 12.9. The molecule has 2 fully saturated rings. The van der Waals surface area contributed by atoms with E-state index in [2.05, 4.69) is 17.1 Å². The van der Waals surface area contributed by atoms with Gasteiger partial charge < -0.3 is 10.2 Å². The Morgan fingerprint density at radius 3 is 2.63 bits per heavy atom. The summed E-state index contributed by atoms with van der Waals surface area (Å²) in [6.45, 7) is 8.26. The van der Waals surface area contributed by atoms with Crippen molar-refractivity contribution in [2.45, 2.75) is 39.3 Å². The second-order valence-corrected chi connectivity index (χ2v) is 6.05. The fourth-order valence-electron chi connectivity index (χ4n) is 3.80. The van der Waals surface area contributed by atoms with Crippen LogP contribution in [0, 0.1) is 19.8 Å². The van der Waals surface area contributed by atoms with Crippen molar-refractivity contribution in [3.63, 3.8) is 0 Å². The van der Waals surface area contributed by atoms with E-state index >= 15 is 0 Å². The molecule has 0 spiro atoms. The Bertz CT molecular complexity index is 491. The summed E-state index contributed by atoms with van der Waals surface area (Å²) >= 11 is 0. The minimum absolute atomic E-state index is 0.222. The van der Waals surface area contributed by atoms with Gasteiger partial charge in [-0.05, 0) is 44.2 Å². The lowest BCUT2D eigenvalue weighted by molar-refractivity contribution is 0.0680.